The molecule has 1 saturated heterocycles. The first-order chi connectivity index (χ1) is 14.1. The van der Waals surface area contributed by atoms with Gasteiger partial charge >= 0.3 is 0 Å². The Morgan fingerprint density at radius 2 is 1.97 bits per heavy atom. The van der Waals surface area contributed by atoms with Gasteiger partial charge in [0.2, 0.25) is 0 Å². The number of hydrogen-bond donors (Lipinski definition) is 1. The Morgan fingerprint density at radius 1 is 1.14 bits per heavy atom. The molecule has 0 bridgehead atoms. The molecule has 1 aromatic heterocycles. The maximum atomic E-state index is 13.0. The molecule has 0 spiro atoms. The highest BCUT2D eigenvalue weighted by Gasteiger charge is 2.27. The van der Waals surface area contributed by atoms with Crippen LogP contribution in [0.2, 0.25) is 5.02 Å². The van der Waals surface area contributed by atoms with Crippen molar-refractivity contribution < 1.29 is 14.3 Å². The molecule has 0 saturated carbocycles. The van der Waals surface area contributed by atoms with Crippen molar-refractivity contribution in [2.24, 2.45) is 0 Å². The van der Waals surface area contributed by atoms with Gasteiger partial charge in [-0.15, -0.1) is 0 Å². The molecule has 148 valence electrons. The van der Waals surface area contributed by atoms with Crippen molar-refractivity contribution in [2.75, 3.05) is 19.7 Å². The number of nitrogens with zero attached hydrogens (tertiary/aromatic N) is 1. The summed E-state index contributed by atoms with van der Waals surface area (Å²) in [6.07, 6.45) is 4.26. The summed E-state index contributed by atoms with van der Waals surface area (Å²) >= 11 is 6.09. The Bertz CT molecular complexity index is 1110. The van der Waals surface area contributed by atoms with E-state index in [0.717, 1.165) is 42.0 Å². The van der Waals surface area contributed by atoms with Gasteiger partial charge in [0.05, 0.1) is 0 Å². The monoisotopic (exact) mass is 408 g/mol. The number of ether oxygens (including phenoxy) is 1. The third kappa shape index (κ3) is 3.40. The minimum atomic E-state index is 0.0231. The summed E-state index contributed by atoms with van der Waals surface area (Å²) in [5, 5.41) is 1.93. The normalized spacial score (nSPS) is 17.3. The zero-order valence-corrected chi connectivity index (χ0v) is 16.7. The van der Waals surface area contributed by atoms with Crippen molar-refractivity contribution in [3.8, 4) is 5.75 Å². The lowest BCUT2D eigenvalue weighted by atomic mass is 9.89. The zero-order chi connectivity index (χ0) is 20.0. The number of halogens is 1. The van der Waals surface area contributed by atoms with Gasteiger partial charge in [0, 0.05) is 52.8 Å². The molecular formula is C23H21ClN2O3. The van der Waals surface area contributed by atoms with Gasteiger partial charge in [0.25, 0.3) is 5.91 Å². The van der Waals surface area contributed by atoms with Gasteiger partial charge in [-0.1, -0.05) is 17.7 Å². The highest BCUT2D eigenvalue weighted by Crippen LogP contribution is 2.34. The van der Waals surface area contributed by atoms with Crippen molar-refractivity contribution in [1.29, 1.82) is 0 Å². The summed E-state index contributed by atoms with van der Waals surface area (Å²) in [6.45, 7) is 1.56. The number of aromatic nitrogens is 1. The Morgan fingerprint density at radius 3 is 2.79 bits per heavy atom. The van der Waals surface area contributed by atoms with Crippen LogP contribution in [0.3, 0.4) is 0 Å². The molecule has 1 fully saturated rings. The van der Waals surface area contributed by atoms with E-state index in [1.807, 2.05) is 23.1 Å². The number of carbonyl (C=O) groups is 2. The maximum absolute atomic E-state index is 13.0. The van der Waals surface area contributed by atoms with E-state index in [1.165, 1.54) is 10.9 Å². The van der Waals surface area contributed by atoms with Gasteiger partial charge in [-0.3, -0.25) is 9.59 Å². The van der Waals surface area contributed by atoms with E-state index >= 15 is 0 Å². The van der Waals surface area contributed by atoms with Crippen LogP contribution < -0.4 is 4.74 Å². The third-order valence-electron chi connectivity index (χ3n) is 5.98. The average molecular weight is 409 g/mol. The summed E-state index contributed by atoms with van der Waals surface area (Å²) in [5.74, 6) is 1.20. The Labute approximate surface area is 173 Å². The third-order valence-corrected chi connectivity index (χ3v) is 6.22. The first-order valence-electron chi connectivity index (χ1n) is 9.92. The van der Waals surface area contributed by atoms with Crippen LogP contribution in [0.4, 0.5) is 0 Å². The number of ketones is 1. The largest absolute Gasteiger partial charge is 0.486 e. The SMILES string of the molecule is O=C1COc2ccc(C(=O)N3CCC(c4c[nH]c5cc(Cl)ccc45)CC3)cc2C1. The minimum absolute atomic E-state index is 0.0231. The van der Waals surface area contributed by atoms with E-state index in [2.05, 4.69) is 17.2 Å². The lowest BCUT2D eigenvalue weighted by molar-refractivity contribution is -0.121. The molecule has 1 N–H and O–H groups in total. The van der Waals surface area contributed by atoms with Gasteiger partial charge in [0.1, 0.15) is 12.4 Å². The summed E-state index contributed by atoms with van der Waals surface area (Å²) < 4.78 is 5.43. The molecule has 6 heteroatoms. The minimum Gasteiger partial charge on any atom is -0.486 e. The van der Waals surface area contributed by atoms with Crippen LogP contribution in [0.25, 0.3) is 10.9 Å². The molecule has 0 atom stereocenters. The van der Waals surface area contributed by atoms with Crippen LogP contribution in [0, 0.1) is 0 Å². The van der Waals surface area contributed by atoms with Crippen LogP contribution in [-0.2, 0) is 11.2 Å². The summed E-state index contributed by atoms with van der Waals surface area (Å²) in [4.78, 5) is 29.9. The number of nitrogens with one attached hydrogen (secondary N) is 1. The highest BCUT2D eigenvalue weighted by molar-refractivity contribution is 6.31. The average Bonchev–Trinajstić information content (AvgIpc) is 3.15. The van der Waals surface area contributed by atoms with Crippen molar-refractivity contribution in [1.82, 2.24) is 9.88 Å². The smallest absolute Gasteiger partial charge is 0.253 e. The number of aromatic amines is 1. The second-order valence-corrected chi connectivity index (χ2v) is 8.26. The predicted octanol–water partition coefficient (Wildman–Crippen LogP) is 4.35. The number of piperidine rings is 1. The first-order valence-corrected chi connectivity index (χ1v) is 10.3. The Balaban J connectivity index is 1.29. The quantitative estimate of drug-likeness (QED) is 0.685. The first kappa shape index (κ1) is 18.3. The molecule has 2 aliphatic heterocycles. The lowest BCUT2D eigenvalue weighted by Gasteiger charge is -2.32. The molecule has 29 heavy (non-hydrogen) atoms. The molecule has 0 aliphatic carbocycles. The number of fused-ring (bicyclic) bond motifs is 2. The van der Waals surface area contributed by atoms with Gasteiger partial charge in [0.15, 0.2) is 5.78 Å². The molecule has 2 aliphatic rings. The fourth-order valence-electron chi connectivity index (χ4n) is 4.45. The molecule has 1 amide bonds. The van der Waals surface area contributed by atoms with Gasteiger partial charge in [-0.05, 0) is 54.7 Å². The molecule has 0 radical (unpaired) electrons. The number of amides is 1. The van der Waals surface area contributed by atoms with E-state index in [4.69, 9.17) is 16.3 Å². The molecule has 2 aromatic carbocycles. The van der Waals surface area contributed by atoms with Gasteiger partial charge < -0.3 is 14.6 Å². The summed E-state index contributed by atoms with van der Waals surface area (Å²) in [6, 6.07) is 11.3. The molecule has 3 aromatic rings. The summed E-state index contributed by atoms with van der Waals surface area (Å²) in [7, 11) is 0. The van der Waals surface area contributed by atoms with Crippen LogP contribution in [0.5, 0.6) is 5.75 Å². The number of rotatable bonds is 2. The van der Waals surface area contributed by atoms with Gasteiger partial charge in [-0.2, -0.15) is 0 Å². The number of carbonyl (C=O) groups excluding carboxylic acids is 2. The van der Waals surface area contributed by atoms with E-state index in [9.17, 15) is 9.59 Å². The standard InChI is InChI=1S/C23H21ClN2O3/c24-17-2-3-19-20(12-25-21(19)11-17)14-5-7-26(8-6-14)23(28)15-1-4-22-16(9-15)10-18(27)13-29-22/h1-4,9,11-12,14,25H,5-8,10,13H2. The van der Waals surface area contributed by atoms with E-state index in [0.29, 0.717) is 23.7 Å². The molecule has 3 heterocycles. The van der Waals surface area contributed by atoms with E-state index in [1.54, 1.807) is 12.1 Å². The Kier molecular flexibility index (Phi) is 4.55. The van der Waals surface area contributed by atoms with Crippen LogP contribution in [-0.4, -0.2) is 41.3 Å². The highest BCUT2D eigenvalue weighted by atomic mass is 35.5. The number of Topliss-reactive ketones (excluding diaryl/α,β-unsaturated/α-hetero) is 1. The Hall–Kier alpha value is -2.79. The topological polar surface area (TPSA) is 62.4 Å². The van der Waals surface area contributed by atoms with Crippen molar-refractivity contribution >= 4 is 34.2 Å². The number of H-pyrrole nitrogens is 1. The second-order valence-electron chi connectivity index (χ2n) is 7.83. The van der Waals surface area contributed by atoms with Crippen molar-refractivity contribution in [2.45, 2.75) is 25.2 Å². The van der Waals surface area contributed by atoms with Crippen LogP contribution in [0.15, 0.2) is 42.6 Å². The van der Waals surface area contributed by atoms with Gasteiger partial charge in [-0.25, -0.2) is 0 Å². The molecule has 5 rings (SSSR count). The fourth-order valence-corrected chi connectivity index (χ4v) is 4.62. The zero-order valence-electron chi connectivity index (χ0n) is 15.9. The molecular weight excluding hydrogens is 388 g/mol. The number of hydrogen-bond acceptors (Lipinski definition) is 3. The summed E-state index contributed by atoms with van der Waals surface area (Å²) in [5.41, 5.74) is 3.78. The molecule has 0 unspecified atom stereocenters. The fraction of sp³-hybridized carbons (Fsp3) is 0.304. The number of benzene rings is 2. The lowest BCUT2D eigenvalue weighted by Crippen LogP contribution is -2.38. The number of likely N-dealkylation sites (tertiary alicyclic amines) is 1. The van der Waals surface area contributed by atoms with Crippen molar-refractivity contribution in [3.05, 3.63) is 64.3 Å². The van der Waals surface area contributed by atoms with Crippen molar-refractivity contribution in [3.63, 3.8) is 0 Å². The van der Waals surface area contributed by atoms with E-state index in [-0.39, 0.29) is 18.3 Å². The van der Waals surface area contributed by atoms with E-state index < -0.39 is 0 Å². The maximum Gasteiger partial charge on any atom is 0.253 e. The van der Waals surface area contributed by atoms with Crippen LogP contribution in [0.1, 0.15) is 40.2 Å². The van der Waals surface area contributed by atoms with Crippen LogP contribution >= 0.6 is 11.6 Å². The predicted molar refractivity (Wildman–Crippen MR) is 112 cm³/mol. The molecule has 5 nitrogen and oxygen atoms in total. The second kappa shape index (κ2) is 7.23.